The van der Waals surface area contributed by atoms with Gasteiger partial charge >= 0.3 is 0 Å². The Morgan fingerprint density at radius 1 is 1.65 bits per heavy atom. The van der Waals surface area contributed by atoms with E-state index in [0.29, 0.717) is 11.3 Å². The zero-order valence-electron chi connectivity index (χ0n) is 10.8. The van der Waals surface area contributed by atoms with Crippen LogP contribution < -0.4 is 5.32 Å². The van der Waals surface area contributed by atoms with Gasteiger partial charge in [-0.05, 0) is 34.1 Å². The number of thioether (sulfide) groups is 1. The summed E-state index contributed by atoms with van der Waals surface area (Å²) in [5, 5.41) is 13.1. The van der Waals surface area contributed by atoms with Crippen LogP contribution in [-0.2, 0) is 0 Å². The molecule has 1 aromatic heterocycles. The molecule has 17 heavy (non-hydrogen) atoms. The number of oxazole rings is 1. The third-order valence-corrected chi connectivity index (χ3v) is 3.12. The van der Waals surface area contributed by atoms with Crippen LogP contribution in [0.5, 0.6) is 0 Å². The van der Waals surface area contributed by atoms with Crippen molar-refractivity contribution in [3.05, 3.63) is 12.0 Å². The highest BCUT2D eigenvalue weighted by Crippen LogP contribution is 2.21. The van der Waals surface area contributed by atoms with E-state index in [4.69, 9.17) is 4.42 Å². The lowest BCUT2D eigenvalue weighted by atomic mass is 10.0. The van der Waals surface area contributed by atoms with E-state index in [0.717, 1.165) is 17.9 Å². The van der Waals surface area contributed by atoms with Gasteiger partial charge in [-0.3, -0.25) is 5.32 Å². The molecule has 0 spiro atoms. The van der Waals surface area contributed by atoms with Gasteiger partial charge in [-0.1, -0.05) is 11.8 Å². The summed E-state index contributed by atoms with van der Waals surface area (Å²) in [7, 11) is 0. The number of aromatic nitrogens is 1. The number of rotatable bonds is 6. The highest BCUT2D eigenvalue weighted by molar-refractivity contribution is 7.99. The molecule has 1 rings (SSSR count). The molecule has 1 unspecified atom stereocenters. The number of hydrogen-bond acceptors (Lipinski definition) is 5. The Morgan fingerprint density at radius 3 is 2.82 bits per heavy atom. The predicted molar refractivity (Wildman–Crippen MR) is 68.9 cm³/mol. The van der Waals surface area contributed by atoms with Gasteiger partial charge in [-0.15, -0.1) is 0 Å². The molecule has 0 aliphatic rings. The second-order valence-corrected chi connectivity index (χ2v) is 5.64. The predicted octanol–water partition coefficient (Wildman–Crippen LogP) is 2.75. The van der Waals surface area contributed by atoms with Crippen molar-refractivity contribution in [2.24, 2.45) is 0 Å². The van der Waals surface area contributed by atoms with Crippen molar-refractivity contribution in [2.75, 3.05) is 5.75 Å². The van der Waals surface area contributed by atoms with Gasteiger partial charge in [0.15, 0.2) is 0 Å². The van der Waals surface area contributed by atoms with Gasteiger partial charge in [0.2, 0.25) is 0 Å². The standard InChI is InChI=1S/C12H19N3OS/c1-9(2)15-12(4,8-13)5-6-17-11-14-10(3)7-16-11/h7,9,15H,5-6H2,1-4H3. The first-order chi connectivity index (χ1) is 7.95. The topological polar surface area (TPSA) is 61.9 Å². The molecule has 0 saturated carbocycles. The van der Waals surface area contributed by atoms with Crippen LogP contribution in [0.2, 0.25) is 0 Å². The van der Waals surface area contributed by atoms with Gasteiger partial charge < -0.3 is 4.42 Å². The number of nitrogens with one attached hydrogen (secondary N) is 1. The van der Waals surface area contributed by atoms with Gasteiger partial charge in [-0.2, -0.15) is 5.26 Å². The summed E-state index contributed by atoms with van der Waals surface area (Å²) in [5.41, 5.74) is 0.402. The average molecular weight is 253 g/mol. The first-order valence-corrected chi connectivity index (χ1v) is 6.67. The van der Waals surface area contributed by atoms with Gasteiger partial charge in [-0.25, -0.2) is 4.98 Å². The third kappa shape index (κ3) is 4.80. The summed E-state index contributed by atoms with van der Waals surface area (Å²) < 4.78 is 5.24. The molecule has 0 amide bonds. The molecular formula is C12H19N3OS. The fourth-order valence-electron chi connectivity index (χ4n) is 1.54. The van der Waals surface area contributed by atoms with E-state index in [2.05, 4.69) is 16.4 Å². The summed E-state index contributed by atoms with van der Waals surface area (Å²) >= 11 is 1.54. The molecule has 1 atom stereocenters. The van der Waals surface area contributed by atoms with Crippen LogP contribution in [0.4, 0.5) is 0 Å². The zero-order chi connectivity index (χ0) is 12.9. The van der Waals surface area contributed by atoms with E-state index in [1.165, 1.54) is 0 Å². The van der Waals surface area contributed by atoms with Crippen molar-refractivity contribution in [2.45, 2.75) is 50.9 Å². The first kappa shape index (κ1) is 14.1. The molecule has 0 aliphatic heterocycles. The smallest absolute Gasteiger partial charge is 0.255 e. The van der Waals surface area contributed by atoms with E-state index in [1.807, 2.05) is 27.7 Å². The van der Waals surface area contributed by atoms with E-state index in [1.54, 1.807) is 18.0 Å². The van der Waals surface area contributed by atoms with Crippen molar-refractivity contribution in [1.82, 2.24) is 10.3 Å². The molecule has 0 radical (unpaired) electrons. The fourth-order valence-corrected chi connectivity index (χ4v) is 2.55. The number of hydrogen-bond donors (Lipinski definition) is 1. The molecule has 0 fully saturated rings. The van der Waals surface area contributed by atoms with E-state index in [-0.39, 0.29) is 0 Å². The maximum Gasteiger partial charge on any atom is 0.255 e. The molecule has 4 nitrogen and oxygen atoms in total. The summed E-state index contributed by atoms with van der Waals surface area (Å²) in [6, 6.07) is 2.63. The lowest BCUT2D eigenvalue weighted by Crippen LogP contribution is -2.45. The fraction of sp³-hybridized carbons (Fsp3) is 0.667. The lowest BCUT2D eigenvalue weighted by Gasteiger charge is -2.25. The largest absolute Gasteiger partial charge is 0.440 e. The minimum absolute atomic E-state index is 0.300. The normalized spacial score (nSPS) is 14.6. The average Bonchev–Trinajstić information content (AvgIpc) is 2.63. The Hall–Kier alpha value is -0.990. The first-order valence-electron chi connectivity index (χ1n) is 5.69. The van der Waals surface area contributed by atoms with Crippen molar-refractivity contribution in [3.8, 4) is 6.07 Å². The maximum atomic E-state index is 9.17. The van der Waals surface area contributed by atoms with Crippen LogP contribution in [0.3, 0.4) is 0 Å². The van der Waals surface area contributed by atoms with Crippen LogP contribution >= 0.6 is 11.8 Å². The van der Waals surface area contributed by atoms with E-state index in [9.17, 15) is 5.26 Å². The summed E-state index contributed by atoms with van der Waals surface area (Å²) in [6.45, 7) is 7.90. The number of aryl methyl sites for hydroxylation is 1. The summed E-state index contributed by atoms with van der Waals surface area (Å²) in [6.07, 6.45) is 2.39. The molecule has 1 N–H and O–H groups in total. The summed E-state index contributed by atoms with van der Waals surface area (Å²) in [5.74, 6) is 0.809. The third-order valence-electron chi connectivity index (χ3n) is 2.28. The highest BCUT2D eigenvalue weighted by Gasteiger charge is 2.24. The molecular weight excluding hydrogens is 234 g/mol. The van der Waals surface area contributed by atoms with Crippen molar-refractivity contribution in [1.29, 1.82) is 5.26 Å². The van der Waals surface area contributed by atoms with E-state index < -0.39 is 5.54 Å². The Morgan fingerprint density at radius 2 is 2.35 bits per heavy atom. The Bertz CT molecular complexity index is 397. The van der Waals surface area contributed by atoms with Gasteiger partial charge in [0.05, 0.1) is 11.8 Å². The quantitative estimate of drug-likeness (QED) is 0.790. The molecule has 1 aromatic rings. The minimum atomic E-state index is -0.483. The molecule has 0 bridgehead atoms. The van der Waals surface area contributed by atoms with Gasteiger partial charge in [0.25, 0.3) is 5.22 Å². The van der Waals surface area contributed by atoms with Crippen molar-refractivity contribution in [3.63, 3.8) is 0 Å². The van der Waals surface area contributed by atoms with Crippen molar-refractivity contribution >= 4 is 11.8 Å². The number of nitrogens with zero attached hydrogens (tertiary/aromatic N) is 2. The lowest BCUT2D eigenvalue weighted by molar-refractivity contribution is 0.396. The maximum absolute atomic E-state index is 9.17. The zero-order valence-corrected chi connectivity index (χ0v) is 11.6. The molecule has 1 heterocycles. The monoisotopic (exact) mass is 253 g/mol. The Kier molecular flexibility index (Phi) is 5.03. The van der Waals surface area contributed by atoms with E-state index >= 15 is 0 Å². The van der Waals surface area contributed by atoms with Crippen molar-refractivity contribution < 1.29 is 4.42 Å². The molecule has 0 saturated heterocycles. The number of nitriles is 1. The van der Waals surface area contributed by atoms with Crippen LogP contribution in [0.15, 0.2) is 15.9 Å². The minimum Gasteiger partial charge on any atom is -0.440 e. The van der Waals surface area contributed by atoms with Gasteiger partial charge in [0, 0.05) is 11.8 Å². The molecule has 0 aromatic carbocycles. The van der Waals surface area contributed by atoms with Crippen LogP contribution in [0.25, 0.3) is 0 Å². The molecule has 0 aliphatic carbocycles. The Balaban J connectivity index is 2.41. The molecule has 94 valence electrons. The SMILES string of the molecule is Cc1coc(SCCC(C)(C#N)NC(C)C)n1. The molecule has 5 heteroatoms. The second-order valence-electron chi connectivity index (χ2n) is 4.60. The second kappa shape index (κ2) is 6.08. The van der Waals surface area contributed by atoms with Crippen LogP contribution in [-0.4, -0.2) is 22.3 Å². The van der Waals surface area contributed by atoms with Gasteiger partial charge in [0.1, 0.15) is 11.8 Å². The van der Waals surface area contributed by atoms with Crippen LogP contribution in [0, 0.1) is 18.3 Å². The Labute approximate surface area is 107 Å². The van der Waals surface area contributed by atoms with Crippen LogP contribution in [0.1, 0.15) is 32.9 Å². The summed E-state index contributed by atoms with van der Waals surface area (Å²) in [4.78, 5) is 4.21. The highest BCUT2D eigenvalue weighted by atomic mass is 32.2.